The molecular weight excluding hydrogens is 358 g/mol. The Morgan fingerprint density at radius 1 is 0.964 bits per heavy atom. The highest BCUT2D eigenvalue weighted by molar-refractivity contribution is 6.11. The van der Waals surface area contributed by atoms with E-state index in [1.807, 2.05) is 12.1 Å². The van der Waals surface area contributed by atoms with Crippen LogP contribution < -0.4 is 10.7 Å². The van der Waals surface area contributed by atoms with Gasteiger partial charge >= 0.3 is 6.03 Å². The van der Waals surface area contributed by atoms with E-state index in [9.17, 15) is 14.4 Å². The van der Waals surface area contributed by atoms with Crippen molar-refractivity contribution in [3.05, 3.63) is 95.4 Å². The second-order valence-electron chi connectivity index (χ2n) is 6.38. The Labute approximate surface area is 160 Å². The minimum absolute atomic E-state index is 0.248. The van der Waals surface area contributed by atoms with Crippen molar-refractivity contribution in [1.82, 2.24) is 15.8 Å². The fourth-order valence-electron chi connectivity index (χ4n) is 3.35. The van der Waals surface area contributed by atoms with Crippen molar-refractivity contribution in [1.29, 1.82) is 0 Å². The molecule has 3 aromatic rings. The van der Waals surface area contributed by atoms with Crippen molar-refractivity contribution in [3.63, 3.8) is 0 Å². The van der Waals surface area contributed by atoms with E-state index in [1.54, 1.807) is 55.5 Å². The van der Waals surface area contributed by atoms with Gasteiger partial charge in [-0.1, -0.05) is 60.7 Å². The molecule has 0 bridgehead atoms. The number of hydrogen-bond acceptors (Lipinski definition) is 4. The van der Waals surface area contributed by atoms with Gasteiger partial charge < -0.3 is 9.73 Å². The van der Waals surface area contributed by atoms with Gasteiger partial charge in [-0.3, -0.25) is 15.0 Å². The summed E-state index contributed by atoms with van der Waals surface area (Å²) < 4.78 is 5.12. The number of amides is 4. The number of rotatable bonds is 4. The SMILES string of the molecule is Cc1occc1C(=O)NN1C(=O)NC(c2ccccc2)(c2ccccc2)C1=O. The zero-order valence-electron chi connectivity index (χ0n) is 15.0. The van der Waals surface area contributed by atoms with Gasteiger partial charge in [-0.25, -0.2) is 4.79 Å². The molecule has 0 radical (unpaired) electrons. The minimum Gasteiger partial charge on any atom is -0.469 e. The molecule has 1 aromatic heterocycles. The number of benzene rings is 2. The number of imide groups is 1. The second-order valence-corrected chi connectivity index (χ2v) is 6.38. The summed E-state index contributed by atoms with van der Waals surface area (Å²) in [5.74, 6) is -0.807. The summed E-state index contributed by atoms with van der Waals surface area (Å²) in [6.45, 7) is 1.62. The highest BCUT2D eigenvalue weighted by Gasteiger charge is 2.54. The lowest BCUT2D eigenvalue weighted by molar-refractivity contribution is -0.131. The van der Waals surface area contributed by atoms with Crippen molar-refractivity contribution in [2.75, 3.05) is 0 Å². The maximum absolute atomic E-state index is 13.4. The Balaban J connectivity index is 1.75. The van der Waals surface area contributed by atoms with Crippen LogP contribution in [-0.4, -0.2) is 22.9 Å². The van der Waals surface area contributed by atoms with E-state index in [0.717, 1.165) is 5.01 Å². The molecule has 1 aliphatic rings. The standard InChI is InChI=1S/C21H17N3O4/c1-14-17(12-13-28-14)18(25)23-24-19(26)21(22-20(24)27,15-8-4-2-5-9-15)16-10-6-3-7-11-16/h2-13H,1H3,(H,22,27)(H,23,25). The summed E-state index contributed by atoms with van der Waals surface area (Å²) >= 11 is 0. The van der Waals surface area contributed by atoms with Crippen LogP contribution in [-0.2, 0) is 10.3 Å². The normalized spacial score (nSPS) is 15.4. The lowest BCUT2D eigenvalue weighted by Crippen LogP contribution is -2.49. The predicted molar refractivity (Wildman–Crippen MR) is 100.0 cm³/mol. The van der Waals surface area contributed by atoms with Crippen LogP contribution in [0, 0.1) is 6.92 Å². The molecule has 1 saturated heterocycles. The van der Waals surface area contributed by atoms with E-state index in [-0.39, 0.29) is 5.56 Å². The van der Waals surface area contributed by atoms with E-state index in [4.69, 9.17) is 4.42 Å². The van der Waals surface area contributed by atoms with Gasteiger partial charge in [0.2, 0.25) is 0 Å². The van der Waals surface area contributed by atoms with Crippen molar-refractivity contribution in [3.8, 4) is 0 Å². The van der Waals surface area contributed by atoms with Gasteiger partial charge in [-0.05, 0) is 24.1 Å². The monoisotopic (exact) mass is 375 g/mol. The first-order valence-electron chi connectivity index (χ1n) is 8.67. The fraction of sp³-hybridized carbons (Fsp3) is 0.0952. The molecule has 2 N–H and O–H groups in total. The zero-order chi connectivity index (χ0) is 19.7. The molecule has 140 valence electrons. The molecule has 0 saturated carbocycles. The molecule has 4 amide bonds. The van der Waals surface area contributed by atoms with Gasteiger partial charge in [0.25, 0.3) is 11.8 Å². The van der Waals surface area contributed by atoms with Crippen molar-refractivity contribution < 1.29 is 18.8 Å². The summed E-state index contributed by atoms with van der Waals surface area (Å²) in [6, 6.07) is 18.6. The van der Waals surface area contributed by atoms with Crippen LogP contribution in [0.1, 0.15) is 27.2 Å². The summed E-state index contributed by atoms with van der Waals surface area (Å²) in [5.41, 5.74) is 2.39. The third kappa shape index (κ3) is 2.64. The Morgan fingerprint density at radius 2 is 1.54 bits per heavy atom. The van der Waals surface area contributed by atoms with Gasteiger partial charge in [-0.15, -0.1) is 0 Å². The largest absolute Gasteiger partial charge is 0.469 e. The first kappa shape index (κ1) is 17.5. The van der Waals surface area contributed by atoms with Crippen molar-refractivity contribution in [2.24, 2.45) is 0 Å². The molecular formula is C21H17N3O4. The molecule has 1 fully saturated rings. The van der Waals surface area contributed by atoms with Crippen LogP contribution in [0.15, 0.2) is 77.4 Å². The molecule has 0 unspecified atom stereocenters. The maximum atomic E-state index is 13.4. The number of aryl methyl sites for hydroxylation is 1. The number of carbonyl (C=O) groups is 3. The quantitative estimate of drug-likeness (QED) is 0.686. The number of furan rings is 1. The van der Waals surface area contributed by atoms with E-state index >= 15 is 0 Å². The number of hydrazine groups is 1. The van der Waals surface area contributed by atoms with Gasteiger partial charge in [0, 0.05) is 0 Å². The molecule has 28 heavy (non-hydrogen) atoms. The number of nitrogens with zero attached hydrogens (tertiary/aromatic N) is 1. The summed E-state index contributed by atoms with van der Waals surface area (Å²) in [7, 11) is 0. The average molecular weight is 375 g/mol. The smallest absolute Gasteiger partial charge is 0.344 e. The van der Waals surface area contributed by atoms with Crippen LogP contribution >= 0.6 is 0 Å². The predicted octanol–water partition coefficient (Wildman–Crippen LogP) is 2.73. The first-order valence-corrected chi connectivity index (χ1v) is 8.67. The average Bonchev–Trinajstić information content (AvgIpc) is 3.26. The molecule has 7 heteroatoms. The van der Waals surface area contributed by atoms with Crippen molar-refractivity contribution in [2.45, 2.75) is 12.5 Å². The third-order valence-corrected chi connectivity index (χ3v) is 4.75. The lowest BCUT2D eigenvalue weighted by Gasteiger charge is -2.27. The summed E-state index contributed by atoms with van der Waals surface area (Å²) in [4.78, 5) is 38.6. The molecule has 7 nitrogen and oxygen atoms in total. The van der Waals surface area contributed by atoms with Gasteiger partial charge in [0.05, 0.1) is 11.8 Å². The lowest BCUT2D eigenvalue weighted by atomic mass is 9.83. The Morgan fingerprint density at radius 3 is 2.04 bits per heavy atom. The Bertz CT molecular complexity index is 1000. The highest BCUT2D eigenvalue weighted by atomic mass is 16.3. The van der Waals surface area contributed by atoms with Crippen LogP contribution in [0.4, 0.5) is 4.79 Å². The van der Waals surface area contributed by atoms with Crippen LogP contribution in [0.25, 0.3) is 0 Å². The Hall–Kier alpha value is -3.87. The van der Waals surface area contributed by atoms with Gasteiger partial charge in [0.1, 0.15) is 5.76 Å². The molecule has 1 aliphatic heterocycles. The van der Waals surface area contributed by atoms with Crippen LogP contribution in [0.5, 0.6) is 0 Å². The molecule has 0 spiro atoms. The topological polar surface area (TPSA) is 91.7 Å². The van der Waals surface area contributed by atoms with E-state index in [1.165, 1.54) is 12.3 Å². The highest BCUT2D eigenvalue weighted by Crippen LogP contribution is 2.35. The van der Waals surface area contributed by atoms with Gasteiger partial charge in [-0.2, -0.15) is 5.01 Å². The van der Waals surface area contributed by atoms with Crippen LogP contribution in [0.2, 0.25) is 0 Å². The zero-order valence-corrected chi connectivity index (χ0v) is 15.0. The molecule has 2 heterocycles. The number of hydrogen-bond donors (Lipinski definition) is 2. The number of carbonyl (C=O) groups excluding carboxylic acids is 3. The fourth-order valence-corrected chi connectivity index (χ4v) is 3.35. The van der Waals surface area contributed by atoms with E-state index < -0.39 is 23.4 Å². The number of urea groups is 1. The van der Waals surface area contributed by atoms with Crippen LogP contribution in [0.3, 0.4) is 0 Å². The first-order chi connectivity index (χ1) is 13.5. The maximum Gasteiger partial charge on any atom is 0.344 e. The minimum atomic E-state index is -1.43. The molecule has 0 atom stereocenters. The second kappa shape index (κ2) is 6.70. The summed E-state index contributed by atoms with van der Waals surface area (Å²) in [5, 5.41) is 3.48. The summed E-state index contributed by atoms with van der Waals surface area (Å²) in [6.07, 6.45) is 1.37. The molecule has 0 aliphatic carbocycles. The third-order valence-electron chi connectivity index (χ3n) is 4.75. The Kier molecular flexibility index (Phi) is 4.19. The number of nitrogens with one attached hydrogen (secondary N) is 2. The van der Waals surface area contributed by atoms with E-state index in [2.05, 4.69) is 10.7 Å². The molecule has 2 aromatic carbocycles. The van der Waals surface area contributed by atoms with Gasteiger partial charge in [0.15, 0.2) is 5.54 Å². The molecule has 4 rings (SSSR count). The van der Waals surface area contributed by atoms with E-state index in [0.29, 0.717) is 16.9 Å². The van der Waals surface area contributed by atoms with Crippen molar-refractivity contribution >= 4 is 17.8 Å².